The van der Waals surface area contributed by atoms with Gasteiger partial charge in [-0.25, -0.2) is 4.79 Å². The maximum atomic E-state index is 12.4. The third-order valence-corrected chi connectivity index (χ3v) is 3.05. The lowest BCUT2D eigenvalue weighted by Gasteiger charge is -2.11. The molecule has 8 heteroatoms. The van der Waals surface area contributed by atoms with Crippen molar-refractivity contribution in [2.45, 2.75) is 13.1 Å². The molecule has 1 heterocycles. The Morgan fingerprint density at radius 3 is 2.26 bits per heavy atom. The van der Waals surface area contributed by atoms with Gasteiger partial charge in [-0.15, -0.1) is 15.0 Å². The van der Waals surface area contributed by atoms with E-state index in [9.17, 15) is 18.0 Å². The zero-order valence-electron chi connectivity index (χ0n) is 11.8. The minimum absolute atomic E-state index is 0.152. The molecular weight excluding hydrogens is 311 g/mol. The number of nitrogens with zero attached hydrogens (tertiary/aromatic N) is 3. The zero-order chi connectivity index (χ0) is 16.6. The first-order valence-corrected chi connectivity index (χ1v) is 6.57. The van der Waals surface area contributed by atoms with Crippen LogP contribution in [-0.2, 0) is 4.79 Å². The van der Waals surface area contributed by atoms with Crippen molar-refractivity contribution in [3.63, 3.8) is 0 Å². The van der Waals surface area contributed by atoms with Crippen molar-refractivity contribution in [2.24, 2.45) is 0 Å². The Morgan fingerprint density at radius 1 is 1.09 bits per heavy atom. The van der Waals surface area contributed by atoms with E-state index >= 15 is 0 Å². The Balaban J connectivity index is 2.07. The third-order valence-electron chi connectivity index (χ3n) is 3.05. The summed E-state index contributed by atoms with van der Waals surface area (Å²) in [6.07, 6.45) is -5.08. The number of halogens is 3. The smallest absolute Gasteiger partial charge is 0.417 e. The van der Waals surface area contributed by atoms with Crippen molar-refractivity contribution in [3.8, 4) is 11.4 Å². The molecule has 2 aromatic carbocycles. The third kappa shape index (κ3) is 3.01. The predicted molar refractivity (Wildman–Crippen MR) is 75.3 cm³/mol. The van der Waals surface area contributed by atoms with Crippen LogP contribution in [-0.4, -0.2) is 27.1 Å². The Labute approximate surface area is 128 Å². The molecule has 3 rings (SSSR count). The molecular formula is C15H10F3N3O2. The number of benzene rings is 2. The highest BCUT2D eigenvalue weighted by atomic mass is 19.4. The number of hydrogen-bond donors (Lipinski definition) is 0. The fourth-order valence-electron chi connectivity index (χ4n) is 2.00. The van der Waals surface area contributed by atoms with Crippen molar-refractivity contribution in [1.29, 1.82) is 0 Å². The maximum absolute atomic E-state index is 12.4. The van der Waals surface area contributed by atoms with Crippen molar-refractivity contribution in [2.75, 3.05) is 0 Å². The van der Waals surface area contributed by atoms with Crippen LogP contribution in [0.2, 0.25) is 0 Å². The van der Waals surface area contributed by atoms with Crippen LogP contribution < -0.4 is 4.74 Å². The largest absolute Gasteiger partial charge is 0.491 e. The molecule has 0 spiro atoms. The second-order valence-electron chi connectivity index (χ2n) is 4.84. The minimum Gasteiger partial charge on any atom is -0.417 e. The van der Waals surface area contributed by atoms with Gasteiger partial charge in [0.2, 0.25) is 0 Å². The molecule has 0 atom stereocenters. The molecule has 23 heavy (non-hydrogen) atoms. The number of carbonyl (C=O) groups excluding carboxylic acids is 1. The Bertz CT molecular complexity index is 854. The van der Waals surface area contributed by atoms with Gasteiger partial charge in [0.15, 0.2) is 5.75 Å². The molecule has 5 nitrogen and oxygen atoms in total. The van der Waals surface area contributed by atoms with Gasteiger partial charge in [-0.05, 0) is 36.8 Å². The van der Waals surface area contributed by atoms with Crippen LogP contribution in [0, 0.1) is 6.92 Å². The van der Waals surface area contributed by atoms with Gasteiger partial charge in [-0.1, -0.05) is 18.2 Å². The van der Waals surface area contributed by atoms with Crippen LogP contribution >= 0.6 is 0 Å². The van der Waals surface area contributed by atoms with Crippen LogP contribution in [0.5, 0.6) is 5.75 Å². The molecule has 118 valence electrons. The lowest BCUT2D eigenvalue weighted by molar-refractivity contribution is -0.189. The van der Waals surface area contributed by atoms with E-state index in [-0.39, 0.29) is 11.4 Å². The van der Waals surface area contributed by atoms with Crippen molar-refractivity contribution in [3.05, 3.63) is 48.0 Å². The van der Waals surface area contributed by atoms with E-state index in [2.05, 4.69) is 14.9 Å². The fourth-order valence-corrected chi connectivity index (χ4v) is 2.00. The monoisotopic (exact) mass is 321 g/mol. The van der Waals surface area contributed by atoms with Gasteiger partial charge in [-0.2, -0.15) is 13.2 Å². The van der Waals surface area contributed by atoms with Crippen LogP contribution in [0.1, 0.15) is 5.56 Å². The molecule has 0 N–H and O–H groups in total. The predicted octanol–water partition coefficient (Wildman–Crippen LogP) is 3.20. The second kappa shape index (κ2) is 5.38. The number of aromatic nitrogens is 3. The number of aryl methyl sites for hydroxylation is 1. The van der Waals surface area contributed by atoms with Crippen LogP contribution in [0.25, 0.3) is 16.7 Å². The first-order chi connectivity index (χ1) is 10.8. The first-order valence-electron chi connectivity index (χ1n) is 6.57. The van der Waals surface area contributed by atoms with E-state index in [1.54, 1.807) is 31.2 Å². The van der Waals surface area contributed by atoms with E-state index < -0.39 is 12.1 Å². The number of carbonyl (C=O) groups is 1. The van der Waals surface area contributed by atoms with Crippen LogP contribution in [0.3, 0.4) is 0 Å². The van der Waals surface area contributed by atoms with E-state index in [4.69, 9.17) is 0 Å². The number of hydrogen-bond acceptors (Lipinski definition) is 4. The van der Waals surface area contributed by atoms with Gasteiger partial charge in [0.1, 0.15) is 16.7 Å². The Hall–Kier alpha value is -2.90. The molecule has 0 radical (unpaired) electrons. The average molecular weight is 321 g/mol. The van der Waals surface area contributed by atoms with E-state index in [0.717, 1.165) is 10.4 Å². The topological polar surface area (TPSA) is 57.0 Å². The summed E-state index contributed by atoms with van der Waals surface area (Å²) in [5, 5.41) is 8.37. The number of ether oxygens (including phenoxy) is 1. The molecule has 0 bridgehead atoms. The van der Waals surface area contributed by atoms with Gasteiger partial charge in [0.05, 0.1) is 0 Å². The number of fused-ring (bicyclic) bond motifs is 1. The summed E-state index contributed by atoms with van der Waals surface area (Å²) < 4.78 is 41.7. The van der Waals surface area contributed by atoms with E-state index in [1.807, 2.05) is 0 Å². The highest BCUT2D eigenvalue weighted by molar-refractivity contribution is 5.79. The lowest BCUT2D eigenvalue weighted by Crippen LogP contribution is -2.28. The second-order valence-corrected chi connectivity index (χ2v) is 4.84. The summed E-state index contributed by atoms with van der Waals surface area (Å²) in [5.74, 6) is -2.56. The SMILES string of the molecule is Cc1ccc(OC(=O)C(F)(F)F)c(-n2nc3ccccc3n2)c1. The van der Waals surface area contributed by atoms with Crippen molar-refractivity contribution in [1.82, 2.24) is 15.0 Å². The molecule has 0 saturated carbocycles. The molecule has 1 aromatic heterocycles. The van der Waals surface area contributed by atoms with Gasteiger partial charge in [0, 0.05) is 0 Å². The van der Waals surface area contributed by atoms with E-state index in [1.165, 1.54) is 18.2 Å². The molecule has 0 saturated heterocycles. The van der Waals surface area contributed by atoms with Crippen LogP contribution in [0.15, 0.2) is 42.5 Å². The average Bonchev–Trinajstić information content (AvgIpc) is 2.91. The van der Waals surface area contributed by atoms with Gasteiger partial charge < -0.3 is 4.74 Å². The summed E-state index contributed by atoms with van der Waals surface area (Å²) in [7, 11) is 0. The molecule has 0 amide bonds. The van der Waals surface area contributed by atoms with Gasteiger partial charge in [0.25, 0.3) is 0 Å². The molecule has 0 aliphatic rings. The maximum Gasteiger partial charge on any atom is 0.491 e. The number of esters is 1. The normalized spacial score (nSPS) is 11.7. The summed E-state index contributed by atoms with van der Waals surface area (Å²) in [4.78, 5) is 12.2. The van der Waals surface area contributed by atoms with Gasteiger partial charge in [-0.3, -0.25) is 0 Å². The summed E-state index contributed by atoms with van der Waals surface area (Å²) in [6.45, 7) is 1.75. The fraction of sp³-hybridized carbons (Fsp3) is 0.133. The molecule has 0 unspecified atom stereocenters. The number of rotatable bonds is 2. The summed E-state index contributed by atoms with van der Waals surface area (Å²) in [5.41, 5.74) is 2.05. The Morgan fingerprint density at radius 2 is 1.70 bits per heavy atom. The zero-order valence-corrected chi connectivity index (χ0v) is 11.8. The Kier molecular flexibility index (Phi) is 3.51. The molecule has 0 aliphatic carbocycles. The highest BCUT2D eigenvalue weighted by Crippen LogP contribution is 2.27. The van der Waals surface area contributed by atoms with Crippen molar-refractivity contribution >= 4 is 17.0 Å². The lowest BCUT2D eigenvalue weighted by atomic mass is 10.2. The summed E-state index contributed by atoms with van der Waals surface area (Å²) in [6, 6.07) is 11.3. The highest BCUT2D eigenvalue weighted by Gasteiger charge is 2.41. The minimum atomic E-state index is -5.08. The standard InChI is InChI=1S/C15H10F3N3O2/c1-9-6-7-13(23-14(22)15(16,17)18)12(8-9)21-19-10-4-2-3-5-11(10)20-21/h2-8H,1H3. The molecule has 0 aliphatic heterocycles. The van der Waals surface area contributed by atoms with Crippen molar-refractivity contribution < 1.29 is 22.7 Å². The van der Waals surface area contributed by atoms with Crippen LogP contribution in [0.4, 0.5) is 13.2 Å². The molecule has 3 aromatic rings. The van der Waals surface area contributed by atoms with Gasteiger partial charge >= 0.3 is 12.1 Å². The first kappa shape index (κ1) is 15.0. The molecule has 0 fully saturated rings. The quantitative estimate of drug-likeness (QED) is 0.537. The summed E-state index contributed by atoms with van der Waals surface area (Å²) >= 11 is 0. The van der Waals surface area contributed by atoms with E-state index in [0.29, 0.717) is 11.0 Å². The number of alkyl halides is 3.